The molecule has 1 N–H and O–H groups in total. The largest absolute Gasteiger partial charge is 0.479 e. The predicted molar refractivity (Wildman–Crippen MR) is 74.6 cm³/mol. The second-order valence-corrected chi connectivity index (χ2v) is 4.70. The summed E-state index contributed by atoms with van der Waals surface area (Å²) < 4.78 is 14.4. The number of aliphatic carboxylic acids is 1. The molecule has 0 aliphatic heterocycles. The molecule has 2 aromatic carbocycles. The fourth-order valence-corrected chi connectivity index (χ4v) is 2.38. The highest BCUT2D eigenvalue weighted by Gasteiger charge is 2.26. The van der Waals surface area contributed by atoms with Crippen molar-refractivity contribution in [1.82, 2.24) is 0 Å². The number of para-hydroxylation sites is 1. The van der Waals surface area contributed by atoms with E-state index in [0.29, 0.717) is 11.3 Å². The van der Waals surface area contributed by atoms with Crippen LogP contribution in [-0.4, -0.2) is 11.1 Å². The minimum atomic E-state index is -1.02. The number of halogens is 2. The Morgan fingerprint density at radius 1 is 1.11 bits per heavy atom. The van der Waals surface area contributed by atoms with E-state index in [2.05, 4.69) is 16.1 Å². The number of hydrogen-bond donors (Lipinski definition) is 1. The van der Waals surface area contributed by atoms with Crippen LogP contribution in [0.25, 0.3) is 0 Å². The Balaban J connectivity index is 2.36. The SMILES string of the molecule is O=C(O)C(c1ccc(F)cc1)N(Br)c1ccccc1. The number of benzene rings is 2. The lowest BCUT2D eigenvalue weighted by atomic mass is 10.1. The molecule has 19 heavy (non-hydrogen) atoms. The summed E-state index contributed by atoms with van der Waals surface area (Å²) >= 11 is 3.27. The average Bonchev–Trinajstić information content (AvgIpc) is 2.42. The van der Waals surface area contributed by atoms with Crippen molar-refractivity contribution in [3.63, 3.8) is 0 Å². The van der Waals surface area contributed by atoms with Crippen LogP contribution in [0.1, 0.15) is 11.6 Å². The zero-order valence-electron chi connectivity index (χ0n) is 9.83. The lowest BCUT2D eigenvalue weighted by Gasteiger charge is -2.24. The lowest BCUT2D eigenvalue weighted by molar-refractivity contribution is -0.138. The summed E-state index contributed by atoms with van der Waals surface area (Å²) in [4.78, 5) is 11.4. The van der Waals surface area contributed by atoms with E-state index < -0.39 is 17.8 Å². The number of carboxylic acid groups (broad SMARTS) is 1. The van der Waals surface area contributed by atoms with E-state index in [9.17, 15) is 14.3 Å². The normalized spacial score (nSPS) is 11.9. The molecule has 0 aliphatic carbocycles. The Bertz CT molecular complexity index is 559. The van der Waals surface area contributed by atoms with Crippen molar-refractivity contribution in [3.05, 3.63) is 66.0 Å². The standard InChI is InChI=1S/C14H11BrFNO2/c15-17(12-4-2-1-3-5-12)13(14(18)19)10-6-8-11(16)9-7-10/h1-9,13H,(H,18,19). The Labute approximate surface area is 118 Å². The van der Waals surface area contributed by atoms with Crippen molar-refractivity contribution >= 4 is 27.8 Å². The maximum atomic E-state index is 12.9. The van der Waals surface area contributed by atoms with E-state index in [-0.39, 0.29) is 0 Å². The van der Waals surface area contributed by atoms with Gasteiger partial charge in [0.1, 0.15) is 5.82 Å². The van der Waals surface area contributed by atoms with Crippen LogP contribution in [0.15, 0.2) is 54.6 Å². The molecule has 1 atom stereocenters. The number of rotatable bonds is 4. The van der Waals surface area contributed by atoms with Crippen molar-refractivity contribution in [2.75, 3.05) is 3.93 Å². The van der Waals surface area contributed by atoms with Crippen molar-refractivity contribution in [2.45, 2.75) is 6.04 Å². The summed E-state index contributed by atoms with van der Waals surface area (Å²) in [6.45, 7) is 0. The molecule has 98 valence electrons. The fraction of sp³-hybridized carbons (Fsp3) is 0.0714. The van der Waals surface area contributed by atoms with Crippen LogP contribution in [0.2, 0.25) is 0 Å². The van der Waals surface area contributed by atoms with Crippen molar-refractivity contribution in [1.29, 1.82) is 0 Å². The topological polar surface area (TPSA) is 40.5 Å². The average molecular weight is 324 g/mol. The number of anilines is 1. The van der Waals surface area contributed by atoms with Crippen LogP contribution >= 0.6 is 16.1 Å². The van der Waals surface area contributed by atoms with Crippen molar-refractivity contribution in [2.24, 2.45) is 0 Å². The van der Waals surface area contributed by atoms with Crippen molar-refractivity contribution < 1.29 is 14.3 Å². The molecule has 0 saturated heterocycles. The predicted octanol–water partition coefficient (Wildman–Crippen LogP) is 3.77. The Morgan fingerprint density at radius 2 is 1.68 bits per heavy atom. The van der Waals surface area contributed by atoms with Crippen LogP contribution in [0, 0.1) is 5.82 Å². The van der Waals surface area contributed by atoms with E-state index in [1.165, 1.54) is 28.2 Å². The number of nitrogens with zero attached hydrogens (tertiary/aromatic N) is 1. The first kappa shape index (κ1) is 13.5. The van der Waals surface area contributed by atoms with E-state index in [4.69, 9.17) is 0 Å². The Morgan fingerprint density at radius 3 is 2.21 bits per heavy atom. The second kappa shape index (κ2) is 5.84. The zero-order chi connectivity index (χ0) is 13.8. The quantitative estimate of drug-likeness (QED) is 0.871. The second-order valence-electron chi connectivity index (χ2n) is 3.94. The molecule has 0 amide bonds. The summed E-state index contributed by atoms with van der Waals surface area (Å²) in [5.74, 6) is -1.42. The first-order chi connectivity index (χ1) is 9.09. The Kier molecular flexibility index (Phi) is 4.16. The monoisotopic (exact) mass is 323 g/mol. The third-order valence-electron chi connectivity index (χ3n) is 2.65. The van der Waals surface area contributed by atoms with Gasteiger partial charge in [0.2, 0.25) is 0 Å². The first-order valence-electron chi connectivity index (χ1n) is 5.58. The molecule has 0 spiro atoms. The van der Waals surface area contributed by atoms with E-state index in [1.54, 1.807) is 12.1 Å². The van der Waals surface area contributed by atoms with Gasteiger partial charge in [0, 0.05) is 5.69 Å². The summed E-state index contributed by atoms with van der Waals surface area (Å²) in [5, 5.41) is 9.36. The van der Waals surface area contributed by atoms with Crippen LogP contribution in [-0.2, 0) is 4.79 Å². The van der Waals surface area contributed by atoms with Gasteiger partial charge in [-0.1, -0.05) is 30.3 Å². The molecular formula is C14H11BrFNO2. The van der Waals surface area contributed by atoms with Gasteiger partial charge in [-0.25, -0.2) is 9.18 Å². The molecule has 5 heteroatoms. The molecule has 1 unspecified atom stereocenters. The molecule has 0 saturated carbocycles. The third kappa shape index (κ3) is 3.12. The van der Waals surface area contributed by atoms with Crippen LogP contribution in [0.3, 0.4) is 0 Å². The number of hydrogen-bond acceptors (Lipinski definition) is 2. The minimum absolute atomic E-state index is 0.395. The summed E-state index contributed by atoms with van der Waals surface area (Å²) in [5.41, 5.74) is 1.20. The fourth-order valence-electron chi connectivity index (χ4n) is 1.73. The molecule has 0 fully saturated rings. The van der Waals surface area contributed by atoms with Gasteiger partial charge in [-0.15, -0.1) is 0 Å². The summed E-state index contributed by atoms with van der Waals surface area (Å²) in [7, 11) is 0. The van der Waals surface area contributed by atoms with E-state index in [0.717, 1.165) is 0 Å². The van der Waals surface area contributed by atoms with Gasteiger partial charge in [-0.3, -0.25) is 3.93 Å². The number of carbonyl (C=O) groups is 1. The molecule has 0 aromatic heterocycles. The maximum Gasteiger partial charge on any atom is 0.331 e. The molecule has 0 heterocycles. The highest BCUT2D eigenvalue weighted by molar-refractivity contribution is 9.10. The minimum Gasteiger partial charge on any atom is -0.479 e. The van der Waals surface area contributed by atoms with Gasteiger partial charge in [-0.05, 0) is 29.8 Å². The zero-order valence-corrected chi connectivity index (χ0v) is 11.4. The van der Waals surface area contributed by atoms with E-state index in [1.807, 2.05) is 18.2 Å². The van der Waals surface area contributed by atoms with Gasteiger partial charge in [0.05, 0.1) is 16.1 Å². The Hall–Kier alpha value is -1.88. The van der Waals surface area contributed by atoms with Crippen molar-refractivity contribution in [3.8, 4) is 0 Å². The van der Waals surface area contributed by atoms with Gasteiger partial charge in [-0.2, -0.15) is 0 Å². The lowest BCUT2D eigenvalue weighted by Crippen LogP contribution is -2.26. The van der Waals surface area contributed by atoms with Crippen LogP contribution < -0.4 is 3.93 Å². The highest BCUT2D eigenvalue weighted by atomic mass is 79.9. The number of carboxylic acids is 1. The molecule has 0 aliphatic rings. The first-order valence-corrected chi connectivity index (χ1v) is 6.29. The van der Waals surface area contributed by atoms with Crippen LogP contribution in [0.4, 0.5) is 10.1 Å². The smallest absolute Gasteiger partial charge is 0.331 e. The molecular weight excluding hydrogens is 313 g/mol. The third-order valence-corrected chi connectivity index (χ3v) is 3.47. The molecule has 2 rings (SSSR count). The summed E-state index contributed by atoms with van der Waals surface area (Å²) in [6.07, 6.45) is 0. The molecule has 0 radical (unpaired) electrons. The van der Waals surface area contributed by atoms with Crippen LogP contribution in [0.5, 0.6) is 0 Å². The van der Waals surface area contributed by atoms with Gasteiger partial charge in [0.15, 0.2) is 6.04 Å². The molecule has 0 bridgehead atoms. The summed E-state index contributed by atoms with van der Waals surface area (Å²) in [6, 6.07) is 13.5. The van der Waals surface area contributed by atoms with Gasteiger partial charge >= 0.3 is 5.97 Å². The van der Waals surface area contributed by atoms with Gasteiger partial charge < -0.3 is 5.11 Å². The molecule has 2 aromatic rings. The van der Waals surface area contributed by atoms with E-state index >= 15 is 0 Å². The van der Waals surface area contributed by atoms with Gasteiger partial charge in [0.25, 0.3) is 0 Å². The molecule has 3 nitrogen and oxygen atoms in total. The highest BCUT2D eigenvalue weighted by Crippen LogP contribution is 2.30. The maximum absolute atomic E-state index is 12.9.